The molecular weight excluding hydrogens is 1420 g/mol. The lowest BCUT2D eigenvalue weighted by Crippen LogP contribution is -2.56. The van der Waals surface area contributed by atoms with E-state index in [1.54, 1.807) is 6.92 Å². The summed E-state index contributed by atoms with van der Waals surface area (Å²) in [4.78, 5) is 13.3. The van der Waals surface area contributed by atoms with E-state index in [1.165, 1.54) is 51.4 Å². The molecule has 0 spiro atoms. The van der Waals surface area contributed by atoms with Gasteiger partial charge in [0.2, 0.25) is 0 Å². The van der Waals surface area contributed by atoms with E-state index in [0.717, 1.165) is 94.6 Å². The Morgan fingerprint density at radius 3 is 1.19 bits per heavy atom. The Morgan fingerprint density at radius 2 is 0.788 bits per heavy atom. The molecule has 0 saturated carbocycles. The fourth-order valence-electron chi connectivity index (χ4n) is 13.8. The first-order chi connectivity index (χ1) is 55.0. The number of benzene rings is 2. The Morgan fingerprint density at radius 1 is 0.434 bits per heavy atom. The fourth-order valence-corrected chi connectivity index (χ4v) is 13.8. The van der Waals surface area contributed by atoms with Crippen LogP contribution in [0.3, 0.4) is 0 Å². The number of ether oxygens (including phenoxy) is 13. The van der Waals surface area contributed by atoms with Crippen LogP contribution in [0.5, 0.6) is 0 Å². The van der Waals surface area contributed by atoms with E-state index in [1.807, 2.05) is 88.4 Å². The largest absolute Gasteiger partial charge is 0.447 e. The van der Waals surface area contributed by atoms with Crippen molar-refractivity contribution in [1.82, 2.24) is 0 Å². The SMILES string of the molecule is CC#CC#CC#CC#CC#CC#CC#CC#CC#CC#CC#CC#CC(=O)O[C@@H](COC1OC2COC(c3ccccc3)OC2C(C)C1C)[C@@H]1OC(C)(C)O[C@H]1CCCCCCC#CCCCCCC.CCCCCCC#CCCCCCC[C@@H]1OC(C)(C)O[C@H]1[C@@H](O)COC1OC2COC(c3ccccc3)OC2C(C)C1C. The van der Waals surface area contributed by atoms with E-state index in [-0.39, 0.29) is 73.5 Å². The second-order valence-electron chi connectivity index (χ2n) is 29.7. The number of esters is 1. The highest BCUT2D eigenvalue weighted by atomic mass is 16.8. The molecule has 0 amide bonds. The first kappa shape index (κ1) is 91.4. The maximum Gasteiger partial charge on any atom is 0.385 e. The second kappa shape index (κ2) is 52.6. The van der Waals surface area contributed by atoms with Crippen LogP contribution in [0.15, 0.2) is 60.7 Å². The average Bonchev–Trinajstić information content (AvgIpc) is 1.63. The molecule has 6 heterocycles. The minimum Gasteiger partial charge on any atom is -0.447 e. The average molecular weight is 1530 g/mol. The van der Waals surface area contributed by atoms with E-state index in [4.69, 9.17) is 61.6 Å². The van der Waals surface area contributed by atoms with Crippen molar-refractivity contribution < 1.29 is 71.5 Å². The number of carbonyl (C=O) groups excluding carboxylic acids is 1. The topological polar surface area (TPSA) is 157 Å². The second-order valence-corrected chi connectivity index (χ2v) is 29.7. The third kappa shape index (κ3) is 34.1. The number of hydrogen-bond donors (Lipinski definition) is 1. The zero-order valence-electron chi connectivity index (χ0n) is 68.2. The van der Waals surface area contributed by atoms with Crippen LogP contribution in [-0.4, -0.2) is 123 Å². The highest BCUT2D eigenvalue weighted by Gasteiger charge is 2.51. The van der Waals surface area contributed by atoms with Gasteiger partial charge in [-0.3, -0.25) is 0 Å². The zero-order valence-corrected chi connectivity index (χ0v) is 68.2. The van der Waals surface area contributed by atoms with Crippen molar-refractivity contribution >= 4 is 5.97 Å². The summed E-state index contributed by atoms with van der Waals surface area (Å²) < 4.78 is 81.6. The van der Waals surface area contributed by atoms with Crippen LogP contribution in [0, 0.1) is 189 Å². The molecule has 596 valence electrons. The summed E-state index contributed by atoms with van der Waals surface area (Å²) in [5, 5.41) is 11.2. The molecule has 0 aliphatic carbocycles. The van der Waals surface area contributed by atoms with E-state index in [9.17, 15) is 9.90 Å². The fraction of sp³-hybridized carbons (Fsp3) is 0.582. The molecule has 113 heavy (non-hydrogen) atoms. The summed E-state index contributed by atoms with van der Waals surface area (Å²) in [5.74, 6) is 72.1. The third-order valence-corrected chi connectivity index (χ3v) is 20.0. The van der Waals surface area contributed by atoms with E-state index < -0.39 is 67.1 Å². The molecule has 2 aromatic carbocycles. The molecule has 18 atom stereocenters. The van der Waals surface area contributed by atoms with Gasteiger partial charge in [-0.05, 0) is 180 Å². The summed E-state index contributed by atoms with van der Waals surface area (Å²) in [6, 6.07) is 19.9. The third-order valence-electron chi connectivity index (χ3n) is 20.0. The van der Waals surface area contributed by atoms with Crippen molar-refractivity contribution in [3.63, 3.8) is 0 Å². The summed E-state index contributed by atoms with van der Waals surface area (Å²) in [6.45, 7) is 23.1. The zero-order chi connectivity index (χ0) is 80.6. The smallest absolute Gasteiger partial charge is 0.385 e. The predicted octanol–water partition coefficient (Wildman–Crippen LogP) is 15.2. The molecule has 1 N–H and O–H groups in total. The van der Waals surface area contributed by atoms with Crippen molar-refractivity contribution in [2.24, 2.45) is 23.7 Å². The van der Waals surface area contributed by atoms with E-state index in [0.29, 0.717) is 19.6 Å². The summed E-state index contributed by atoms with van der Waals surface area (Å²) in [7, 11) is 0. The van der Waals surface area contributed by atoms with Gasteiger partial charge in [0.05, 0.1) is 50.8 Å². The van der Waals surface area contributed by atoms with Crippen LogP contribution in [0.2, 0.25) is 0 Å². The lowest BCUT2D eigenvalue weighted by Gasteiger charge is -2.48. The molecule has 6 saturated heterocycles. The number of hydrogen-bond acceptors (Lipinski definition) is 15. The van der Waals surface area contributed by atoms with Crippen molar-refractivity contribution in [3.05, 3.63) is 71.8 Å². The highest BCUT2D eigenvalue weighted by Crippen LogP contribution is 2.43. The first-order valence-electron chi connectivity index (χ1n) is 40.6. The molecule has 0 aromatic heterocycles. The van der Waals surface area contributed by atoms with Gasteiger partial charge >= 0.3 is 5.97 Å². The molecule has 2 aromatic rings. The predicted molar refractivity (Wildman–Crippen MR) is 437 cm³/mol. The molecule has 0 radical (unpaired) electrons. The standard InChI is InChI=1S/C62H58O8.C36H56O7/c1-7-9-11-13-15-17-19-21-22-23-24-25-26-27-28-29-30-31-33-35-37-39-44-48-57(63)66-56(59-54(69-62(5,6)70-59)47-43-38-36-34-32-20-18-16-14-12-10-8-2)50-64-60-52(4)51(3)58-55(67-60)49-65-61(68-58)53-45-41-40-42-46-53;1-6-7-8-9-10-11-12-13-14-15-16-20-23-30-33(43-36(4,5)42-30)29(37)24-38-34-27(3)26(2)32-31(40-34)25-39-35(41-32)28-21-18-17-19-22-28/h40-42,45-46,51-52,54-56,58-61H,8,10,12,14,16,32,34,36,38,43,47,49-50H2,1-6H3;17-19,21-22,26-27,29-35,37H,6-10,13-16,20,23-25H2,1-5H3/t51?,52?,54-,55?,56-,58?,59+,60?,61?;26?,27?,29-,30-,31?,32?,33-,34?,35?/m00/s1. The van der Waals surface area contributed by atoms with Gasteiger partial charge in [-0.25, -0.2) is 4.79 Å². The Balaban J connectivity index is 0.000000350. The van der Waals surface area contributed by atoms with Crippen LogP contribution in [0.4, 0.5) is 0 Å². The monoisotopic (exact) mass is 1530 g/mol. The molecule has 8 rings (SSSR count). The van der Waals surface area contributed by atoms with Crippen LogP contribution in [-0.2, 0) is 66.4 Å². The first-order valence-corrected chi connectivity index (χ1v) is 40.6. The minimum atomic E-state index is -0.911. The molecule has 15 nitrogen and oxygen atoms in total. The lowest BCUT2D eigenvalue weighted by molar-refractivity contribution is -0.344. The van der Waals surface area contributed by atoms with Gasteiger partial charge in [0, 0.05) is 90.1 Å². The highest BCUT2D eigenvalue weighted by molar-refractivity contribution is 5.89. The lowest BCUT2D eigenvalue weighted by atomic mass is 9.84. The Hall–Kier alpha value is -8.77. The quantitative estimate of drug-likeness (QED) is 0.0329. The van der Waals surface area contributed by atoms with Crippen molar-refractivity contribution in [1.29, 1.82) is 0 Å². The van der Waals surface area contributed by atoms with Crippen LogP contribution in [0.1, 0.15) is 241 Å². The molecule has 12 unspecified atom stereocenters. The molecule has 6 aliphatic heterocycles. The van der Waals surface area contributed by atoms with Crippen molar-refractivity contribution in [3.8, 4) is 166 Å². The Kier molecular flexibility index (Phi) is 42.5. The Labute approximate surface area is 676 Å². The minimum absolute atomic E-state index is 0.0232. The number of aliphatic hydroxyl groups is 1. The van der Waals surface area contributed by atoms with Gasteiger partial charge in [0.15, 0.2) is 42.8 Å². The number of unbranched alkanes of at least 4 members (excludes halogenated alkanes) is 16. The molecule has 6 aliphatic rings. The number of rotatable bonds is 31. The molecule has 6 fully saturated rings. The van der Waals surface area contributed by atoms with Crippen molar-refractivity contribution in [2.45, 2.75) is 315 Å². The van der Waals surface area contributed by atoms with Gasteiger partial charge in [-0.1, -0.05) is 185 Å². The van der Waals surface area contributed by atoms with Gasteiger partial charge in [0.25, 0.3) is 0 Å². The van der Waals surface area contributed by atoms with E-state index >= 15 is 0 Å². The van der Waals surface area contributed by atoms with Gasteiger partial charge in [0.1, 0.15) is 30.5 Å². The normalized spacial score (nSPS) is 25.8. The summed E-state index contributed by atoms with van der Waals surface area (Å²) in [5.41, 5.74) is 1.97. The van der Waals surface area contributed by atoms with Gasteiger partial charge in [-0.15, -0.1) is 23.7 Å². The Bertz CT molecular complexity index is 4240. The van der Waals surface area contributed by atoms with Crippen molar-refractivity contribution in [2.75, 3.05) is 26.4 Å². The summed E-state index contributed by atoms with van der Waals surface area (Å²) in [6.07, 6.45) is 18.0. The number of aliphatic hydroxyl groups excluding tert-OH is 1. The van der Waals surface area contributed by atoms with Crippen LogP contribution >= 0.6 is 0 Å². The summed E-state index contributed by atoms with van der Waals surface area (Å²) >= 11 is 0. The van der Waals surface area contributed by atoms with Crippen LogP contribution in [0.25, 0.3) is 0 Å². The van der Waals surface area contributed by atoms with Gasteiger partial charge in [-0.2, -0.15) is 0 Å². The number of carbonyl (C=O) groups is 1. The number of fused-ring (bicyclic) bond motifs is 2. The van der Waals surface area contributed by atoms with E-state index in [2.05, 4.69) is 207 Å². The maximum atomic E-state index is 13.3. The molecule has 0 bridgehead atoms. The van der Waals surface area contributed by atoms with Gasteiger partial charge < -0.3 is 66.7 Å². The molecule has 15 heteroatoms. The van der Waals surface area contributed by atoms with Crippen LogP contribution < -0.4 is 0 Å². The molecular formula is C98H114O15. The maximum absolute atomic E-state index is 13.3.